The third-order valence-electron chi connectivity index (χ3n) is 2.34. The maximum atomic E-state index is 11.0. The fourth-order valence-electron chi connectivity index (χ4n) is 1.69. The molecule has 0 aliphatic carbocycles. The van der Waals surface area contributed by atoms with Crippen molar-refractivity contribution in [2.24, 2.45) is 0 Å². The lowest BCUT2D eigenvalue weighted by molar-refractivity contribution is -0.174. The Morgan fingerprint density at radius 1 is 1.00 bits per heavy atom. The van der Waals surface area contributed by atoms with Gasteiger partial charge in [-0.2, -0.15) is 0 Å². The van der Waals surface area contributed by atoms with Gasteiger partial charge in [-0.15, -0.1) is 0 Å². The zero-order valence-corrected chi connectivity index (χ0v) is 10.8. The molecule has 0 aromatic rings. The van der Waals surface area contributed by atoms with Crippen LogP contribution in [0, 0.1) is 0 Å². The van der Waals surface area contributed by atoms with Crippen LogP contribution >= 0.6 is 0 Å². The molecule has 1 saturated heterocycles. The second-order valence-electron chi connectivity index (χ2n) is 4.02. The van der Waals surface area contributed by atoms with Gasteiger partial charge >= 0.3 is 17.9 Å². The maximum absolute atomic E-state index is 11.0. The molecule has 0 aromatic heterocycles. The normalized spacial score (nSPS) is 29.7. The predicted octanol–water partition coefficient (Wildman–Crippen LogP) is -0.870. The molecule has 2 unspecified atom stereocenters. The summed E-state index contributed by atoms with van der Waals surface area (Å²) in [7, 11) is 0. The first-order chi connectivity index (χ1) is 8.81. The number of aliphatic hydroxyl groups excluding tert-OH is 1. The van der Waals surface area contributed by atoms with E-state index in [-0.39, 0.29) is 6.61 Å². The Labute approximate surface area is 109 Å². The molecule has 4 atom stereocenters. The summed E-state index contributed by atoms with van der Waals surface area (Å²) in [6, 6.07) is 0. The van der Waals surface area contributed by atoms with Crippen molar-refractivity contribution in [3.05, 3.63) is 0 Å². The summed E-state index contributed by atoms with van der Waals surface area (Å²) in [5.41, 5.74) is 0. The number of carbonyl (C=O) groups excluding carboxylic acids is 3. The minimum absolute atomic E-state index is 0.220. The lowest BCUT2D eigenvalue weighted by atomic mass is 10.1. The average molecular weight is 276 g/mol. The highest BCUT2D eigenvalue weighted by Gasteiger charge is 2.48. The Morgan fingerprint density at radius 3 is 2.00 bits per heavy atom. The highest BCUT2D eigenvalue weighted by molar-refractivity contribution is 5.67. The van der Waals surface area contributed by atoms with Crippen LogP contribution in [0.2, 0.25) is 0 Å². The van der Waals surface area contributed by atoms with E-state index in [0.29, 0.717) is 0 Å². The second-order valence-corrected chi connectivity index (χ2v) is 4.02. The van der Waals surface area contributed by atoms with Crippen LogP contribution in [0.3, 0.4) is 0 Å². The van der Waals surface area contributed by atoms with Crippen molar-refractivity contribution in [2.75, 3.05) is 6.61 Å². The molecule has 0 saturated carbocycles. The molecule has 0 bridgehead atoms. The van der Waals surface area contributed by atoms with Crippen LogP contribution in [0.15, 0.2) is 0 Å². The van der Waals surface area contributed by atoms with E-state index in [4.69, 9.17) is 18.9 Å². The smallest absolute Gasteiger partial charge is 0.303 e. The Morgan fingerprint density at radius 2 is 1.53 bits per heavy atom. The fourth-order valence-corrected chi connectivity index (χ4v) is 1.69. The molecule has 1 rings (SSSR count). The average Bonchev–Trinajstić information content (AvgIpc) is 2.53. The molecule has 1 aliphatic heterocycles. The summed E-state index contributed by atoms with van der Waals surface area (Å²) < 4.78 is 19.6. The van der Waals surface area contributed by atoms with Crippen molar-refractivity contribution in [3.8, 4) is 0 Å². The molecule has 0 amide bonds. The van der Waals surface area contributed by atoms with E-state index >= 15 is 0 Å². The van der Waals surface area contributed by atoms with Gasteiger partial charge in [0.05, 0.1) is 0 Å². The highest BCUT2D eigenvalue weighted by Crippen LogP contribution is 2.26. The quantitative estimate of drug-likeness (QED) is 0.521. The van der Waals surface area contributed by atoms with E-state index in [2.05, 4.69) is 0 Å². The number of esters is 3. The zero-order chi connectivity index (χ0) is 14.6. The Hall–Kier alpha value is -1.67. The van der Waals surface area contributed by atoms with E-state index < -0.39 is 42.5 Å². The molecule has 1 fully saturated rings. The van der Waals surface area contributed by atoms with Gasteiger partial charge in [0.25, 0.3) is 0 Å². The van der Waals surface area contributed by atoms with Crippen LogP contribution in [0.1, 0.15) is 20.8 Å². The third kappa shape index (κ3) is 4.49. The van der Waals surface area contributed by atoms with Crippen LogP contribution < -0.4 is 0 Å². The van der Waals surface area contributed by atoms with Crippen molar-refractivity contribution in [3.63, 3.8) is 0 Å². The SMILES string of the molecule is CC(=O)OC[C@H]1OC(O)C(OC(C)=O)[C@@H]1OC(C)=O. The molecule has 0 aromatic carbocycles. The number of aliphatic hydroxyl groups is 1. The molecule has 19 heavy (non-hydrogen) atoms. The van der Waals surface area contributed by atoms with Gasteiger partial charge in [0.15, 0.2) is 18.5 Å². The van der Waals surface area contributed by atoms with E-state index in [0.717, 1.165) is 6.92 Å². The van der Waals surface area contributed by atoms with Crippen molar-refractivity contribution in [1.82, 2.24) is 0 Å². The molecular weight excluding hydrogens is 260 g/mol. The molecule has 8 nitrogen and oxygen atoms in total. The van der Waals surface area contributed by atoms with Crippen molar-refractivity contribution in [1.29, 1.82) is 0 Å². The van der Waals surface area contributed by atoms with Crippen LogP contribution in [0.5, 0.6) is 0 Å². The summed E-state index contributed by atoms with van der Waals surface area (Å²) in [4.78, 5) is 32.7. The topological polar surface area (TPSA) is 108 Å². The Kier molecular flexibility index (Phi) is 5.25. The number of hydrogen-bond acceptors (Lipinski definition) is 8. The van der Waals surface area contributed by atoms with E-state index in [1.807, 2.05) is 0 Å². The number of ether oxygens (including phenoxy) is 4. The first-order valence-electron chi connectivity index (χ1n) is 5.62. The largest absolute Gasteiger partial charge is 0.463 e. The van der Waals surface area contributed by atoms with Crippen LogP contribution in [-0.2, 0) is 33.3 Å². The molecule has 1 N–H and O–H groups in total. The predicted molar refractivity (Wildman–Crippen MR) is 58.6 cm³/mol. The van der Waals surface area contributed by atoms with Gasteiger partial charge in [0.1, 0.15) is 12.7 Å². The Balaban J connectivity index is 2.76. The fraction of sp³-hybridized carbons (Fsp3) is 0.727. The van der Waals surface area contributed by atoms with E-state index in [1.165, 1.54) is 13.8 Å². The standard InChI is InChI=1S/C11H16O8/c1-5(12)16-4-8-9(17-6(2)13)10(11(15)19-8)18-7(3)14/h8-11,15H,4H2,1-3H3/t8-,9-,10?,11?/m1/s1. The monoisotopic (exact) mass is 276 g/mol. The van der Waals surface area contributed by atoms with Gasteiger partial charge in [-0.3, -0.25) is 14.4 Å². The summed E-state index contributed by atoms with van der Waals surface area (Å²) >= 11 is 0. The van der Waals surface area contributed by atoms with Gasteiger partial charge in [-0.25, -0.2) is 0 Å². The molecular formula is C11H16O8. The van der Waals surface area contributed by atoms with Crippen LogP contribution in [-0.4, -0.2) is 54.2 Å². The van der Waals surface area contributed by atoms with E-state index in [1.54, 1.807) is 0 Å². The zero-order valence-electron chi connectivity index (χ0n) is 10.8. The van der Waals surface area contributed by atoms with Crippen molar-refractivity contribution < 1.29 is 38.4 Å². The summed E-state index contributed by atoms with van der Waals surface area (Å²) in [6.07, 6.45) is -4.53. The molecule has 1 aliphatic rings. The van der Waals surface area contributed by atoms with Gasteiger partial charge in [0, 0.05) is 20.8 Å². The highest BCUT2D eigenvalue weighted by atomic mass is 16.7. The molecule has 1 heterocycles. The molecule has 0 radical (unpaired) electrons. The summed E-state index contributed by atoms with van der Waals surface area (Å²) in [6.45, 7) is 3.30. The van der Waals surface area contributed by atoms with Crippen LogP contribution in [0.4, 0.5) is 0 Å². The van der Waals surface area contributed by atoms with Crippen molar-refractivity contribution >= 4 is 17.9 Å². The molecule has 108 valence electrons. The maximum Gasteiger partial charge on any atom is 0.303 e. The first kappa shape index (κ1) is 15.4. The second kappa shape index (κ2) is 6.48. The van der Waals surface area contributed by atoms with E-state index in [9.17, 15) is 19.5 Å². The Bertz CT molecular complexity index is 366. The van der Waals surface area contributed by atoms with Gasteiger partial charge in [-0.05, 0) is 0 Å². The minimum Gasteiger partial charge on any atom is -0.463 e. The van der Waals surface area contributed by atoms with Gasteiger partial charge in [0.2, 0.25) is 0 Å². The third-order valence-corrected chi connectivity index (χ3v) is 2.34. The summed E-state index contributed by atoms with van der Waals surface area (Å²) in [5, 5.41) is 9.63. The number of carbonyl (C=O) groups is 3. The van der Waals surface area contributed by atoms with Gasteiger partial charge in [-0.1, -0.05) is 0 Å². The first-order valence-corrected chi connectivity index (χ1v) is 5.62. The lowest BCUT2D eigenvalue weighted by Crippen LogP contribution is -2.41. The minimum atomic E-state index is -1.45. The molecule has 8 heteroatoms. The van der Waals surface area contributed by atoms with Crippen molar-refractivity contribution in [2.45, 2.75) is 45.4 Å². The lowest BCUT2D eigenvalue weighted by Gasteiger charge is -2.21. The number of rotatable bonds is 4. The van der Waals surface area contributed by atoms with Crippen LogP contribution in [0.25, 0.3) is 0 Å². The summed E-state index contributed by atoms with van der Waals surface area (Å²) in [5.74, 6) is -1.83. The van der Waals surface area contributed by atoms with Gasteiger partial charge < -0.3 is 24.1 Å². The molecule has 0 spiro atoms. The number of hydrogen-bond donors (Lipinski definition) is 1.